The number of likely N-dealkylation sites (tertiary alicyclic amines) is 1. The maximum Gasteiger partial charge on any atom is 0.312 e. The van der Waals surface area contributed by atoms with Crippen LogP contribution in [0.3, 0.4) is 0 Å². The van der Waals surface area contributed by atoms with Gasteiger partial charge in [-0.15, -0.1) is 0 Å². The van der Waals surface area contributed by atoms with Gasteiger partial charge in [-0.3, -0.25) is 24.7 Å². The van der Waals surface area contributed by atoms with E-state index in [0.717, 1.165) is 86.0 Å². The normalized spacial score (nSPS) is 19.5. The van der Waals surface area contributed by atoms with Gasteiger partial charge < -0.3 is 19.4 Å². The van der Waals surface area contributed by atoms with E-state index in [-0.39, 0.29) is 29.6 Å². The highest BCUT2D eigenvalue weighted by Crippen LogP contribution is 2.44. The zero-order valence-corrected chi connectivity index (χ0v) is 40.9. The minimum atomic E-state index is -4.69. The number of fused-ring (bicyclic) bond motifs is 2. The van der Waals surface area contributed by atoms with Gasteiger partial charge >= 0.3 is 5.69 Å². The summed E-state index contributed by atoms with van der Waals surface area (Å²) in [5, 5.41) is 18.5. The van der Waals surface area contributed by atoms with Crippen LogP contribution in [0.5, 0.6) is 5.75 Å². The van der Waals surface area contributed by atoms with E-state index in [1.807, 2.05) is 30.3 Å². The van der Waals surface area contributed by atoms with Crippen molar-refractivity contribution in [3.05, 3.63) is 117 Å². The fraction of sp³-hybridized carbons (Fsp3) is 0.431. The maximum atomic E-state index is 16.0. The number of aromatic amines is 1. The molecule has 10 rings (SSSR count). The number of carbonyl (C=O) groups excluding carboxylic acids is 1. The molecule has 4 aliphatic rings. The molecule has 16 nitrogen and oxygen atoms in total. The average molecular weight is 995 g/mol. The fourth-order valence-corrected chi connectivity index (χ4v) is 11.6. The highest BCUT2D eigenvalue weighted by molar-refractivity contribution is 7.90. The number of nitro benzene ring substituents is 1. The number of anilines is 1. The molecule has 1 aliphatic carbocycles. The number of halogens is 2. The molecule has 0 unspecified atom stereocenters. The van der Waals surface area contributed by atoms with Crippen LogP contribution in [-0.2, 0) is 14.8 Å². The summed E-state index contributed by atoms with van der Waals surface area (Å²) in [7, 11) is -4.69. The molecule has 3 aromatic carbocycles. The number of hydrogen-bond acceptors (Lipinski definition) is 12. The summed E-state index contributed by atoms with van der Waals surface area (Å²) < 4.78 is 58.8. The Morgan fingerprint density at radius 3 is 2.49 bits per heavy atom. The molecule has 0 spiro atoms. The average Bonchev–Trinajstić information content (AvgIpc) is 4.00. The number of nitrogens with one attached hydrogen (secondary N) is 2. The molecule has 3 aromatic heterocycles. The fourth-order valence-electron chi connectivity index (χ4n) is 10.5. The number of piperazine rings is 1. The number of amides is 1. The molecule has 70 heavy (non-hydrogen) atoms. The lowest BCUT2D eigenvalue weighted by Crippen LogP contribution is -2.50. The van der Waals surface area contributed by atoms with Crippen molar-refractivity contribution >= 4 is 66.5 Å². The first-order chi connectivity index (χ1) is 33.6. The van der Waals surface area contributed by atoms with Gasteiger partial charge in [0.05, 0.1) is 32.8 Å². The van der Waals surface area contributed by atoms with Crippen LogP contribution in [0.2, 0.25) is 5.02 Å². The second kappa shape index (κ2) is 19.4. The van der Waals surface area contributed by atoms with Crippen molar-refractivity contribution in [1.82, 2.24) is 34.3 Å². The van der Waals surface area contributed by atoms with Crippen molar-refractivity contribution in [2.45, 2.75) is 75.4 Å². The first kappa shape index (κ1) is 47.7. The first-order valence-electron chi connectivity index (χ1n) is 24.0. The molecular formula is C51H57ClFN9O7S. The Morgan fingerprint density at radius 2 is 1.74 bits per heavy atom. The van der Waals surface area contributed by atoms with Crippen molar-refractivity contribution in [2.75, 3.05) is 70.5 Å². The maximum absolute atomic E-state index is 16.0. The van der Waals surface area contributed by atoms with Crippen LogP contribution >= 0.6 is 11.6 Å². The zero-order chi connectivity index (χ0) is 48.8. The van der Waals surface area contributed by atoms with Crippen molar-refractivity contribution < 1.29 is 32.0 Å². The Balaban J connectivity index is 0.873. The summed E-state index contributed by atoms with van der Waals surface area (Å²) in [4.78, 5) is 40.1. The Labute approximate surface area is 411 Å². The predicted molar refractivity (Wildman–Crippen MR) is 267 cm³/mol. The SMILES string of the molecule is CC1(C)CCC(CN2CCN(c3ccc(C(=O)NS(=O)(=O)c4ccc(OCC5(F)CCN(C6CCOCC6)CC5)c([N+](=O)[O-])c4)c(-n4ncc5nc6[nH]ccc6cc54)c3)CC2)=C(c2ccc(Cl)cc2)C1. The lowest BCUT2D eigenvalue weighted by atomic mass is 9.72. The van der Waals surface area contributed by atoms with Gasteiger partial charge in [0.15, 0.2) is 5.75 Å². The molecule has 19 heteroatoms. The summed E-state index contributed by atoms with van der Waals surface area (Å²) in [6.07, 6.45) is 8.70. The third-order valence-electron chi connectivity index (χ3n) is 14.6. The quantitative estimate of drug-likeness (QED) is 0.0831. The number of H-pyrrole nitrogens is 1. The highest BCUT2D eigenvalue weighted by Gasteiger charge is 2.39. The zero-order valence-electron chi connectivity index (χ0n) is 39.3. The summed E-state index contributed by atoms with van der Waals surface area (Å²) in [5.41, 5.74) is 4.85. The number of alkyl halides is 1. The Morgan fingerprint density at radius 1 is 0.986 bits per heavy atom. The Hall–Kier alpha value is -5.92. The third kappa shape index (κ3) is 10.1. The lowest BCUT2D eigenvalue weighted by molar-refractivity contribution is -0.386. The predicted octanol–water partition coefficient (Wildman–Crippen LogP) is 8.73. The molecule has 3 aliphatic heterocycles. The number of benzene rings is 3. The minimum absolute atomic E-state index is 0.00224. The second-order valence-electron chi connectivity index (χ2n) is 19.9. The number of nitro groups is 1. The van der Waals surface area contributed by atoms with Gasteiger partial charge in [0.1, 0.15) is 23.4 Å². The molecule has 1 amide bonds. The highest BCUT2D eigenvalue weighted by atomic mass is 35.5. The Kier molecular flexibility index (Phi) is 13.2. The number of carbonyl (C=O) groups is 1. The van der Waals surface area contributed by atoms with E-state index in [2.05, 4.69) is 55.5 Å². The van der Waals surface area contributed by atoms with Gasteiger partial charge in [0, 0.05) is 93.4 Å². The summed E-state index contributed by atoms with van der Waals surface area (Å²) in [5.74, 6) is -1.24. The number of ether oxygens (including phenoxy) is 2. The van der Waals surface area contributed by atoms with Crippen molar-refractivity contribution in [2.24, 2.45) is 5.41 Å². The number of hydrogen-bond donors (Lipinski definition) is 2. The first-order valence-corrected chi connectivity index (χ1v) is 25.9. The van der Waals surface area contributed by atoms with Gasteiger partial charge in [-0.05, 0) is 116 Å². The van der Waals surface area contributed by atoms with Crippen LogP contribution in [0.1, 0.15) is 74.7 Å². The monoisotopic (exact) mass is 993 g/mol. The van der Waals surface area contributed by atoms with Crippen LogP contribution in [0.25, 0.3) is 33.3 Å². The van der Waals surface area contributed by atoms with Gasteiger partial charge in [-0.1, -0.05) is 43.2 Å². The topological polar surface area (TPSA) is 181 Å². The molecule has 3 saturated heterocycles. The summed E-state index contributed by atoms with van der Waals surface area (Å²) in [6.45, 7) is 10.5. The largest absolute Gasteiger partial charge is 0.483 e. The van der Waals surface area contributed by atoms with Crippen LogP contribution in [0.15, 0.2) is 95.7 Å². The second-order valence-corrected chi connectivity index (χ2v) is 22.0. The van der Waals surface area contributed by atoms with E-state index in [1.54, 1.807) is 29.2 Å². The van der Waals surface area contributed by atoms with E-state index in [4.69, 9.17) is 26.1 Å². The summed E-state index contributed by atoms with van der Waals surface area (Å²) >= 11 is 6.26. The lowest BCUT2D eigenvalue weighted by Gasteiger charge is -2.41. The van der Waals surface area contributed by atoms with Gasteiger partial charge in [0.25, 0.3) is 15.9 Å². The van der Waals surface area contributed by atoms with Gasteiger partial charge in [-0.2, -0.15) is 5.10 Å². The molecule has 0 atom stereocenters. The van der Waals surface area contributed by atoms with Gasteiger partial charge in [-0.25, -0.2) is 27.2 Å². The number of nitrogens with zero attached hydrogens (tertiary/aromatic N) is 7. The number of pyridine rings is 1. The van der Waals surface area contributed by atoms with E-state index in [9.17, 15) is 23.3 Å². The minimum Gasteiger partial charge on any atom is -0.483 e. The number of allylic oxidation sites excluding steroid dienone is 1. The van der Waals surface area contributed by atoms with Gasteiger partial charge in [0.2, 0.25) is 0 Å². The van der Waals surface area contributed by atoms with E-state index in [1.165, 1.54) is 16.7 Å². The van der Waals surface area contributed by atoms with Crippen LogP contribution < -0.4 is 14.4 Å². The molecule has 0 radical (unpaired) electrons. The standard InChI is InChI=1S/C51H57ClFN9O7S/c1-50(2)15-11-36(42(30-50)34-3-5-37(52)6-4-34)32-58-21-23-60(24-22-58)39-7-9-41(44(28-39)61-45-27-35-12-18-54-48(35)56-43(45)31-55-61)49(63)57-70(66,67)40-8-10-47(46(29-40)62(64)65)69-33-51(53)16-19-59(20-17-51)38-13-25-68-26-14-38/h3-10,12,18,27-29,31,38H,11,13-17,19-26,30,32-33H2,1-2H3,(H,54,56)(H,57,63). The molecule has 0 bridgehead atoms. The Bertz CT molecular complexity index is 3080. The molecule has 6 heterocycles. The van der Waals surface area contributed by atoms with Crippen molar-refractivity contribution in [1.29, 1.82) is 0 Å². The molecule has 368 valence electrons. The number of piperidine rings is 1. The third-order valence-corrected chi connectivity index (χ3v) is 16.2. The van der Waals surface area contributed by atoms with E-state index >= 15 is 4.39 Å². The number of rotatable bonds is 13. The molecule has 6 aromatic rings. The molecular weight excluding hydrogens is 937 g/mol. The molecule has 0 saturated carbocycles. The number of aromatic nitrogens is 4. The summed E-state index contributed by atoms with van der Waals surface area (Å²) in [6, 6.07) is 20.5. The van der Waals surface area contributed by atoms with E-state index in [0.29, 0.717) is 67.8 Å². The smallest absolute Gasteiger partial charge is 0.312 e. The number of sulfonamides is 1. The van der Waals surface area contributed by atoms with Crippen LogP contribution in [-0.4, -0.2) is 126 Å². The molecule has 3 fully saturated rings. The van der Waals surface area contributed by atoms with E-state index < -0.39 is 43.7 Å². The van der Waals surface area contributed by atoms with Crippen molar-refractivity contribution in [3.8, 4) is 11.4 Å². The van der Waals surface area contributed by atoms with Crippen LogP contribution in [0.4, 0.5) is 15.8 Å². The van der Waals surface area contributed by atoms with Crippen LogP contribution in [0, 0.1) is 15.5 Å². The van der Waals surface area contributed by atoms with Crippen molar-refractivity contribution in [3.63, 3.8) is 0 Å². The molecule has 2 N–H and O–H groups in total.